The van der Waals surface area contributed by atoms with E-state index in [1.54, 1.807) is 20.8 Å². The molecule has 0 saturated heterocycles. The minimum atomic E-state index is -5.88. The van der Waals surface area contributed by atoms with Gasteiger partial charge < -0.3 is 20.4 Å². The number of hydrogen-bond donors (Lipinski definition) is 4. The summed E-state index contributed by atoms with van der Waals surface area (Å²) in [5, 5.41) is 40.4. The fraction of sp³-hybridized carbons (Fsp3) is 0.867. The van der Waals surface area contributed by atoms with E-state index in [0.29, 0.717) is 38.5 Å². The van der Waals surface area contributed by atoms with E-state index in [-0.39, 0.29) is 25.2 Å². The van der Waals surface area contributed by atoms with Gasteiger partial charge in [-0.25, -0.2) is 0 Å². The maximum absolute atomic E-state index is 13.8. The lowest BCUT2D eigenvalue weighted by atomic mass is 9.52. The maximum Gasteiger partial charge on any atom is 0.426 e. The summed E-state index contributed by atoms with van der Waals surface area (Å²) in [4.78, 5) is 0. The number of fused-ring (bicyclic) bond motifs is 1. The minimum absolute atomic E-state index is 0.0240. The van der Waals surface area contributed by atoms with E-state index < -0.39 is 58.9 Å². The van der Waals surface area contributed by atoms with E-state index in [0.717, 1.165) is 24.0 Å². The Balaban J connectivity index is 1.97. The molecule has 3 rings (SSSR count). The first-order valence-electron chi connectivity index (χ1n) is 14.5. The first kappa shape index (κ1) is 33.4. The van der Waals surface area contributed by atoms with Crippen LogP contribution in [0, 0.1) is 22.7 Å². The van der Waals surface area contributed by atoms with Gasteiger partial charge in [-0.15, -0.1) is 0 Å². The van der Waals surface area contributed by atoms with E-state index in [4.69, 9.17) is 0 Å². The van der Waals surface area contributed by atoms with Crippen LogP contribution in [-0.4, -0.2) is 56.2 Å². The van der Waals surface area contributed by atoms with Gasteiger partial charge in [0.05, 0.1) is 17.8 Å². The molecule has 3 aliphatic rings. The zero-order valence-electron chi connectivity index (χ0n) is 24.0. The molecule has 0 amide bonds. The molecule has 0 aromatic heterocycles. The quantitative estimate of drug-likeness (QED) is 0.228. The zero-order valence-corrected chi connectivity index (χ0v) is 24.0. The number of aliphatic hydroxyl groups is 4. The lowest BCUT2D eigenvalue weighted by molar-refractivity contribution is -0.375. The van der Waals surface area contributed by atoms with Crippen LogP contribution in [0.4, 0.5) is 26.3 Å². The molecule has 0 radical (unpaired) electrons. The Morgan fingerprint density at radius 2 is 1.50 bits per heavy atom. The van der Waals surface area contributed by atoms with Gasteiger partial charge in [-0.2, -0.15) is 26.3 Å². The Hall–Kier alpha value is -1.10. The number of rotatable bonds is 8. The van der Waals surface area contributed by atoms with Gasteiger partial charge in [0, 0.05) is 0 Å². The number of alkyl halides is 6. The molecule has 3 aliphatic carbocycles. The molecule has 0 aliphatic heterocycles. The van der Waals surface area contributed by atoms with Crippen LogP contribution in [0.15, 0.2) is 23.3 Å². The van der Waals surface area contributed by atoms with Crippen molar-refractivity contribution in [3.8, 4) is 0 Å². The third kappa shape index (κ3) is 6.76. The molecule has 6 atom stereocenters. The molecule has 4 nitrogen and oxygen atoms in total. The normalized spacial score (nSPS) is 34.2. The Bertz CT molecular complexity index is 923. The Kier molecular flexibility index (Phi) is 9.63. The topological polar surface area (TPSA) is 80.9 Å². The predicted octanol–water partition coefficient (Wildman–Crippen LogP) is 7.15. The molecule has 4 N–H and O–H groups in total. The fourth-order valence-corrected chi connectivity index (χ4v) is 7.91. The molecule has 40 heavy (non-hydrogen) atoms. The Morgan fingerprint density at radius 3 is 2.02 bits per heavy atom. The van der Waals surface area contributed by atoms with Crippen molar-refractivity contribution in [1.29, 1.82) is 0 Å². The van der Waals surface area contributed by atoms with Crippen LogP contribution >= 0.6 is 0 Å². The van der Waals surface area contributed by atoms with E-state index in [1.165, 1.54) is 0 Å². The fourth-order valence-electron chi connectivity index (χ4n) is 7.91. The summed E-state index contributed by atoms with van der Waals surface area (Å²) >= 11 is 0. The average Bonchev–Trinajstić information content (AvgIpc) is 3.06. The van der Waals surface area contributed by atoms with Crippen molar-refractivity contribution >= 4 is 0 Å². The van der Waals surface area contributed by atoms with Crippen molar-refractivity contribution < 1.29 is 46.8 Å². The van der Waals surface area contributed by atoms with Crippen LogP contribution in [-0.2, 0) is 0 Å². The largest absolute Gasteiger partial charge is 0.426 e. The molecule has 2 unspecified atom stereocenters. The summed E-state index contributed by atoms with van der Waals surface area (Å²) in [5.74, 6) is -1.12. The summed E-state index contributed by atoms with van der Waals surface area (Å²) in [7, 11) is 0. The number of aliphatic hydroxyl groups excluding tert-OH is 2. The molecule has 3 saturated carbocycles. The molecular weight excluding hydrogens is 538 g/mol. The first-order valence-corrected chi connectivity index (χ1v) is 14.5. The summed E-state index contributed by atoms with van der Waals surface area (Å²) in [6.45, 7) is 6.87. The molecule has 0 heterocycles. The van der Waals surface area contributed by atoms with Crippen LogP contribution in [0.3, 0.4) is 0 Å². The van der Waals surface area contributed by atoms with Crippen molar-refractivity contribution in [2.75, 3.05) is 0 Å². The summed E-state index contributed by atoms with van der Waals surface area (Å²) in [5.41, 5.74) is -5.43. The second-order valence-corrected chi connectivity index (χ2v) is 13.8. The molecule has 3 fully saturated rings. The van der Waals surface area contributed by atoms with Gasteiger partial charge in [0.25, 0.3) is 5.60 Å². The third-order valence-corrected chi connectivity index (χ3v) is 10.4. The minimum Gasteiger partial charge on any atom is -0.393 e. The van der Waals surface area contributed by atoms with Crippen LogP contribution in [0.1, 0.15) is 105 Å². The molecular formula is C30H46F6O4. The van der Waals surface area contributed by atoms with Gasteiger partial charge >= 0.3 is 12.4 Å². The van der Waals surface area contributed by atoms with Crippen LogP contribution < -0.4 is 0 Å². The predicted molar refractivity (Wildman–Crippen MR) is 140 cm³/mol. The lowest BCUT2D eigenvalue weighted by Gasteiger charge is -2.53. The molecule has 0 aromatic rings. The van der Waals surface area contributed by atoms with Crippen molar-refractivity contribution in [3.05, 3.63) is 23.3 Å². The second kappa shape index (κ2) is 11.5. The van der Waals surface area contributed by atoms with Gasteiger partial charge in [-0.1, -0.05) is 43.6 Å². The monoisotopic (exact) mass is 584 g/mol. The first-order chi connectivity index (χ1) is 18.1. The van der Waals surface area contributed by atoms with E-state index in [1.807, 2.05) is 19.1 Å². The van der Waals surface area contributed by atoms with Gasteiger partial charge in [0.1, 0.15) is 0 Å². The molecule has 0 bridgehead atoms. The third-order valence-electron chi connectivity index (χ3n) is 10.4. The highest BCUT2D eigenvalue weighted by molar-refractivity contribution is 5.27. The standard InChI is InChI=1S/C30H46F6O4/c1-25(2,39)12-6-8-21(18-28(40,29(31,32)33)30(34,35)36)26(3)14-11-24-20(7-5-13-27(24,26)4)10-9-19-15-22(37)17-23(38)16-19/h9-10,21-24,37-40H,5-8,11-18H2,1-4H3/b20-10+/t21?,22-,23-,24?,26-,27+/m1/s1. The second-order valence-electron chi connectivity index (χ2n) is 13.8. The van der Waals surface area contributed by atoms with Gasteiger partial charge in [0.2, 0.25) is 0 Å². The Labute approximate surface area is 233 Å². The smallest absolute Gasteiger partial charge is 0.393 e. The van der Waals surface area contributed by atoms with Gasteiger partial charge in [-0.3, -0.25) is 0 Å². The summed E-state index contributed by atoms with van der Waals surface area (Å²) in [6.07, 6.45) is -5.67. The summed E-state index contributed by atoms with van der Waals surface area (Å²) in [6, 6.07) is 0. The van der Waals surface area contributed by atoms with E-state index in [9.17, 15) is 46.8 Å². The molecule has 0 aromatic carbocycles. The molecule has 232 valence electrons. The average molecular weight is 585 g/mol. The number of hydrogen-bond acceptors (Lipinski definition) is 4. The highest BCUT2D eigenvalue weighted by Gasteiger charge is 2.72. The SMILES string of the molecule is CC(C)(O)CCCC(CC(O)(C(F)(F)F)C(F)(F)F)[C@@]1(C)CCC2/C(=C/C=C3C[C@@H](O)C[C@H](O)C3)CCC[C@@]21C. The molecule has 10 heteroatoms. The lowest BCUT2D eigenvalue weighted by Crippen LogP contribution is -2.59. The maximum atomic E-state index is 13.8. The van der Waals surface area contributed by atoms with Crippen LogP contribution in [0.5, 0.6) is 0 Å². The Morgan fingerprint density at radius 1 is 0.925 bits per heavy atom. The van der Waals surface area contributed by atoms with Gasteiger partial charge in [-0.05, 0) is 107 Å². The number of halogens is 6. The van der Waals surface area contributed by atoms with E-state index >= 15 is 0 Å². The van der Waals surface area contributed by atoms with Crippen molar-refractivity contribution in [3.63, 3.8) is 0 Å². The highest BCUT2D eigenvalue weighted by atomic mass is 19.4. The van der Waals surface area contributed by atoms with Crippen molar-refractivity contribution in [2.45, 2.75) is 141 Å². The van der Waals surface area contributed by atoms with Crippen molar-refractivity contribution in [1.82, 2.24) is 0 Å². The van der Waals surface area contributed by atoms with Crippen LogP contribution in [0.2, 0.25) is 0 Å². The van der Waals surface area contributed by atoms with Crippen LogP contribution in [0.25, 0.3) is 0 Å². The highest BCUT2D eigenvalue weighted by Crippen LogP contribution is 2.68. The van der Waals surface area contributed by atoms with Gasteiger partial charge in [0.15, 0.2) is 0 Å². The molecule has 0 spiro atoms. The number of allylic oxidation sites excluding steroid dienone is 3. The zero-order chi connectivity index (χ0) is 30.4. The summed E-state index contributed by atoms with van der Waals surface area (Å²) < 4.78 is 83.1. The van der Waals surface area contributed by atoms with Crippen molar-refractivity contribution in [2.24, 2.45) is 22.7 Å². The van der Waals surface area contributed by atoms with E-state index in [2.05, 4.69) is 0 Å².